The zero-order chi connectivity index (χ0) is 18.7. The summed E-state index contributed by atoms with van der Waals surface area (Å²) in [4.78, 5) is 32.6. The molecule has 0 aromatic heterocycles. The minimum Gasteiger partial charge on any atom is -0.459 e. The summed E-state index contributed by atoms with van der Waals surface area (Å²) in [6.07, 6.45) is 1.90. The maximum Gasteiger partial charge on any atom is 0.338 e. The molecule has 8 heteroatoms. The fraction of sp³-hybridized carbons (Fsp3) is 0.278. The van der Waals surface area contributed by atoms with Crippen molar-refractivity contribution in [2.45, 2.75) is 31.3 Å². The molecule has 1 fully saturated rings. The van der Waals surface area contributed by atoms with Gasteiger partial charge in [-0.05, 0) is 30.7 Å². The fourth-order valence-corrected chi connectivity index (χ4v) is 3.22. The van der Waals surface area contributed by atoms with E-state index in [4.69, 9.17) is 4.74 Å². The summed E-state index contributed by atoms with van der Waals surface area (Å²) in [6.45, 7) is 0. The van der Waals surface area contributed by atoms with E-state index in [1.807, 2.05) is 30.3 Å². The van der Waals surface area contributed by atoms with Gasteiger partial charge in [0.15, 0.2) is 0 Å². The summed E-state index contributed by atoms with van der Waals surface area (Å²) >= 11 is 0. The molecular formula is C18H16N2O6. The van der Waals surface area contributed by atoms with Gasteiger partial charge in [-0.3, -0.25) is 20.2 Å². The lowest BCUT2D eigenvalue weighted by Gasteiger charge is -2.13. The Bertz CT molecular complexity index is 820. The molecule has 8 nitrogen and oxygen atoms in total. The summed E-state index contributed by atoms with van der Waals surface area (Å²) in [5.74, 6) is -0.496. The fourth-order valence-electron chi connectivity index (χ4n) is 3.22. The van der Waals surface area contributed by atoms with E-state index in [9.17, 15) is 25.0 Å². The van der Waals surface area contributed by atoms with Crippen molar-refractivity contribution < 1.29 is 19.4 Å². The Morgan fingerprint density at radius 2 is 1.58 bits per heavy atom. The smallest absolute Gasteiger partial charge is 0.338 e. The van der Waals surface area contributed by atoms with E-state index >= 15 is 0 Å². The van der Waals surface area contributed by atoms with Crippen molar-refractivity contribution in [1.82, 2.24) is 0 Å². The van der Waals surface area contributed by atoms with Crippen LogP contribution < -0.4 is 0 Å². The molecule has 3 rings (SSSR count). The Labute approximate surface area is 148 Å². The molecule has 134 valence electrons. The van der Waals surface area contributed by atoms with Crippen LogP contribution in [0.15, 0.2) is 48.5 Å². The van der Waals surface area contributed by atoms with E-state index in [-0.39, 0.29) is 17.6 Å². The second-order valence-corrected chi connectivity index (χ2v) is 6.20. The molecule has 0 spiro atoms. The monoisotopic (exact) mass is 356 g/mol. The van der Waals surface area contributed by atoms with Crippen molar-refractivity contribution >= 4 is 17.3 Å². The van der Waals surface area contributed by atoms with Gasteiger partial charge in [0.05, 0.1) is 21.5 Å². The number of rotatable bonds is 5. The van der Waals surface area contributed by atoms with Crippen LogP contribution in [-0.4, -0.2) is 21.9 Å². The van der Waals surface area contributed by atoms with Crippen molar-refractivity contribution in [3.8, 4) is 0 Å². The first-order chi connectivity index (χ1) is 12.4. The van der Waals surface area contributed by atoms with Gasteiger partial charge in [-0.25, -0.2) is 4.79 Å². The zero-order valence-corrected chi connectivity index (χ0v) is 13.7. The molecule has 2 aromatic carbocycles. The molecule has 2 atom stereocenters. The molecule has 0 heterocycles. The lowest BCUT2D eigenvalue weighted by Crippen LogP contribution is -2.15. The third-order valence-corrected chi connectivity index (χ3v) is 4.49. The number of carbonyl (C=O) groups excluding carboxylic acids is 1. The van der Waals surface area contributed by atoms with E-state index in [1.165, 1.54) is 5.56 Å². The highest BCUT2D eigenvalue weighted by atomic mass is 16.6. The number of hydrogen-bond donors (Lipinski definition) is 0. The lowest BCUT2D eigenvalue weighted by molar-refractivity contribution is -0.394. The summed E-state index contributed by atoms with van der Waals surface area (Å²) in [6, 6.07) is 12.7. The number of esters is 1. The zero-order valence-electron chi connectivity index (χ0n) is 13.7. The first kappa shape index (κ1) is 17.5. The second-order valence-electron chi connectivity index (χ2n) is 6.20. The molecule has 0 radical (unpaired) electrons. The molecule has 0 unspecified atom stereocenters. The third-order valence-electron chi connectivity index (χ3n) is 4.49. The quantitative estimate of drug-likeness (QED) is 0.455. The van der Waals surface area contributed by atoms with Gasteiger partial charge in [-0.2, -0.15) is 0 Å². The molecule has 1 aliphatic carbocycles. The van der Waals surface area contributed by atoms with Gasteiger partial charge in [-0.1, -0.05) is 30.3 Å². The molecule has 1 aliphatic rings. The summed E-state index contributed by atoms with van der Waals surface area (Å²) in [5, 5.41) is 21.9. The van der Waals surface area contributed by atoms with E-state index in [0.29, 0.717) is 12.8 Å². The van der Waals surface area contributed by atoms with E-state index < -0.39 is 27.2 Å². The second kappa shape index (κ2) is 7.30. The molecule has 0 aliphatic heterocycles. The van der Waals surface area contributed by atoms with Crippen LogP contribution in [0.2, 0.25) is 0 Å². The minimum atomic E-state index is -0.782. The van der Waals surface area contributed by atoms with E-state index in [2.05, 4.69) is 0 Å². The first-order valence-corrected chi connectivity index (χ1v) is 8.14. The maximum atomic E-state index is 12.3. The normalized spacial score (nSPS) is 19.1. The van der Waals surface area contributed by atoms with Gasteiger partial charge in [0, 0.05) is 12.1 Å². The average molecular weight is 356 g/mol. The van der Waals surface area contributed by atoms with Gasteiger partial charge in [0.2, 0.25) is 0 Å². The summed E-state index contributed by atoms with van der Waals surface area (Å²) < 4.78 is 5.43. The summed E-state index contributed by atoms with van der Waals surface area (Å²) in [5.41, 5.74) is -0.0365. The first-order valence-electron chi connectivity index (χ1n) is 8.14. The van der Waals surface area contributed by atoms with Gasteiger partial charge in [0.1, 0.15) is 6.10 Å². The van der Waals surface area contributed by atoms with Gasteiger partial charge < -0.3 is 4.74 Å². The molecule has 0 N–H and O–H groups in total. The molecule has 0 saturated heterocycles. The van der Waals surface area contributed by atoms with Gasteiger partial charge in [0.25, 0.3) is 11.4 Å². The number of carbonyl (C=O) groups is 1. The molecular weight excluding hydrogens is 340 g/mol. The van der Waals surface area contributed by atoms with Crippen LogP contribution >= 0.6 is 0 Å². The number of nitrogens with zero attached hydrogens (tertiary/aromatic N) is 2. The van der Waals surface area contributed by atoms with Crippen molar-refractivity contribution in [3.05, 3.63) is 79.9 Å². The highest BCUT2D eigenvalue weighted by Gasteiger charge is 2.30. The number of non-ortho nitro benzene ring substituents is 2. The number of benzene rings is 2. The Hall–Kier alpha value is -3.29. The highest BCUT2D eigenvalue weighted by molar-refractivity contribution is 5.91. The van der Waals surface area contributed by atoms with Gasteiger partial charge >= 0.3 is 5.97 Å². The molecule has 2 aromatic rings. The Morgan fingerprint density at radius 3 is 2.15 bits per heavy atom. The topological polar surface area (TPSA) is 113 Å². The SMILES string of the molecule is O=C(O[C@@H]1CC[C@H](c2ccccc2)C1)c1cc([N+](=O)[O-])cc([N+](=O)[O-])c1. The van der Waals surface area contributed by atoms with Crippen LogP contribution in [0.4, 0.5) is 11.4 Å². The molecule has 0 bridgehead atoms. The third kappa shape index (κ3) is 3.85. The standard InChI is InChI=1S/C18H16N2O6/c21-18(14-8-15(19(22)23)11-16(9-14)20(24)25)26-17-7-6-13(10-17)12-4-2-1-3-5-12/h1-5,8-9,11,13,17H,6-7,10H2/t13-,17+/m0/s1. The maximum absolute atomic E-state index is 12.3. The van der Waals surface area contributed by atoms with Crippen LogP contribution in [0.25, 0.3) is 0 Å². The van der Waals surface area contributed by atoms with Crippen molar-refractivity contribution in [1.29, 1.82) is 0 Å². The van der Waals surface area contributed by atoms with Crippen LogP contribution in [0.3, 0.4) is 0 Å². The molecule has 1 saturated carbocycles. The Balaban J connectivity index is 1.72. The highest BCUT2D eigenvalue weighted by Crippen LogP contribution is 2.36. The summed E-state index contributed by atoms with van der Waals surface area (Å²) in [7, 11) is 0. The van der Waals surface area contributed by atoms with Crippen molar-refractivity contribution in [3.63, 3.8) is 0 Å². The predicted molar refractivity (Wildman–Crippen MR) is 92.0 cm³/mol. The largest absolute Gasteiger partial charge is 0.459 e. The van der Waals surface area contributed by atoms with Crippen molar-refractivity contribution in [2.75, 3.05) is 0 Å². The van der Waals surface area contributed by atoms with Crippen LogP contribution in [0, 0.1) is 20.2 Å². The predicted octanol–water partition coefficient (Wildman–Crippen LogP) is 4.00. The van der Waals surface area contributed by atoms with Crippen molar-refractivity contribution in [2.24, 2.45) is 0 Å². The number of ether oxygens (including phenoxy) is 1. The number of hydrogen-bond acceptors (Lipinski definition) is 6. The Kier molecular flexibility index (Phi) is 4.92. The van der Waals surface area contributed by atoms with E-state index in [1.54, 1.807) is 0 Å². The average Bonchev–Trinajstić information content (AvgIpc) is 3.10. The number of nitro groups is 2. The Morgan fingerprint density at radius 1 is 0.962 bits per heavy atom. The van der Waals surface area contributed by atoms with Crippen LogP contribution in [-0.2, 0) is 4.74 Å². The van der Waals surface area contributed by atoms with Crippen LogP contribution in [0.1, 0.15) is 41.1 Å². The molecule has 0 amide bonds. The number of nitro benzene ring substituents is 2. The minimum absolute atomic E-state index is 0.186. The van der Waals surface area contributed by atoms with Crippen LogP contribution in [0.5, 0.6) is 0 Å². The van der Waals surface area contributed by atoms with E-state index in [0.717, 1.165) is 24.6 Å². The van der Waals surface area contributed by atoms with Gasteiger partial charge in [-0.15, -0.1) is 0 Å². The molecule has 26 heavy (non-hydrogen) atoms. The lowest BCUT2D eigenvalue weighted by atomic mass is 9.98.